The van der Waals surface area contributed by atoms with Gasteiger partial charge in [0.05, 0.1) is 0 Å². The van der Waals surface area contributed by atoms with E-state index in [0.717, 1.165) is 16.5 Å². The van der Waals surface area contributed by atoms with Crippen molar-refractivity contribution < 1.29 is 9.53 Å². The van der Waals surface area contributed by atoms with Gasteiger partial charge in [-0.3, -0.25) is 10.1 Å². The molecule has 3 rings (SSSR count). The van der Waals surface area contributed by atoms with Gasteiger partial charge in [-0.2, -0.15) is 0 Å². The molecule has 0 aliphatic carbocycles. The fourth-order valence-corrected chi connectivity index (χ4v) is 2.26. The number of para-hydroxylation sites is 1. The number of aromatic nitrogens is 1. The van der Waals surface area contributed by atoms with Gasteiger partial charge in [-0.25, -0.2) is 0 Å². The number of nitrogens with one attached hydrogen (secondary N) is 3. The minimum absolute atomic E-state index is 0.0698. The first-order valence-electron chi connectivity index (χ1n) is 5.96. The van der Waals surface area contributed by atoms with Gasteiger partial charge in [0, 0.05) is 23.5 Å². The number of ether oxygens (including phenoxy) is 1. The van der Waals surface area contributed by atoms with E-state index in [1.165, 1.54) is 0 Å². The molecule has 2 unspecified atom stereocenters. The number of aromatic amines is 1. The molecule has 1 aliphatic heterocycles. The summed E-state index contributed by atoms with van der Waals surface area (Å²) in [7, 11) is 1.75. The normalized spacial score (nSPS) is 23.5. The zero-order chi connectivity index (χ0) is 12.5. The first-order chi connectivity index (χ1) is 8.78. The first kappa shape index (κ1) is 11.3. The molecule has 3 N–H and O–H groups in total. The summed E-state index contributed by atoms with van der Waals surface area (Å²) >= 11 is 0. The predicted molar refractivity (Wildman–Crippen MR) is 67.9 cm³/mol. The van der Waals surface area contributed by atoms with Crippen LogP contribution in [0.5, 0.6) is 0 Å². The van der Waals surface area contributed by atoms with E-state index >= 15 is 0 Å². The van der Waals surface area contributed by atoms with Gasteiger partial charge in [0.2, 0.25) is 0 Å². The highest BCUT2D eigenvalue weighted by Crippen LogP contribution is 2.21. The molecule has 94 valence electrons. The highest BCUT2D eigenvalue weighted by Gasteiger charge is 2.32. The number of amides is 1. The fraction of sp³-hybridized carbons (Fsp3) is 0.308. The van der Waals surface area contributed by atoms with Crippen LogP contribution >= 0.6 is 0 Å². The Morgan fingerprint density at radius 1 is 1.39 bits per heavy atom. The molecule has 1 fully saturated rings. The Labute approximate surface area is 105 Å². The molecule has 2 aromatic rings. The number of fused-ring (bicyclic) bond motifs is 1. The Bertz CT molecular complexity index is 578. The Hall–Kier alpha value is -1.85. The first-order valence-corrected chi connectivity index (χ1v) is 5.96. The number of H-pyrrole nitrogens is 1. The smallest absolute Gasteiger partial charge is 0.252 e. The second-order valence-electron chi connectivity index (χ2n) is 4.37. The van der Waals surface area contributed by atoms with Crippen molar-refractivity contribution in [2.24, 2.45) is 0 Å². The standard InChI is InChI=1S/C13H15N3O2/c1-14-13-16-12(17)11(18-13)6-8-7-15-10-5-3-2-4-9(8)10/h2-5,7,11,13-15H,6H2,1H3,(H,16,17). The molecule has 1 aromatic heterocycles. The molecule has 1 amide bonds. The number of rotatable bonds is 3. The molecule has 0 radical (unpaired) electrons. The van der Waals surface area contributed by atoms with E-state index in [1.54, 1.807) is 7.05 Å². The quantitative estimate of drug-likeness (QED) is 0.747. The predicted octanol–water partition coefficient (Wildman–Crippen LogP) is 0.728. The summed E-state index contributed by atoms with van der Waals surface area (Å²) in [5, 5.41) is 6.75. The third kappa shape index (κ3) is 1.87. The van der Waals surface area contributed by atoms with Crippen LogP contribution in [0.25, 0.3) is 10.9 Å². The topological polar surface area (TPSA) is 66.1 Å². The van der Waals surface area contributed by atoms with Crippen LogP contribution in [-0.2, 0) is 16.0 Å². The van der Waals surface area contributed by atoms with Crippen LogP contribution in [0, 0.1) is 0 Å². The summed E-state index contributed by atoms with van der Waals surface area (Å²) in [6.07, 6.45) is 1.71. The van der Waals surface area contributed by atoms with Crippen LogP contribution in [0.2, 0.25) is 0 Å². The summed E-state index contributed by atoms with van der Waals surface area (Å²) in [6.45, 7) is 0. The molecule has 2 heterocycles. The monoisotopic (exact) mass is 245 g/mol. The summed E-state index contributed by atoms with van der Waals surface area (Å²) in [6, 6.07) is 8.04. The zero-order valence-corrected chi connectivity index (χ0v) is 10.1. The number of hydrogen-bond acceptors (Lipinski definition) is 3. The lowest BCUT2D eigenvalue weighted by Gasteiger charge is -2.09. The lowest BCUT2D eigenvalue weighted by molar-refractivity contribution is -0.123. The number of benzene rings is 1. The third-order valence-electron chi connectivity index (χ3n) is 3.21. The van der Waals surface area contributed by atoms with Crippen molar-refractivity contribution >= 4 is 16.8 Å². The zero-order valence-electron chi connectivity index (χ0n) is 10.1. The van der Waals surface area contributed by atoms with Gasteiger partial charge >= 0.3 is 0 Å². The van der Waals surface area contributed by atoms with Crippen LogP contribution in [0.4, 0.5) is 0 Å². The molecular weight excluding hydrogens is 230 g/mol. The Kier molecular flexibility index (Phi) is 2.77. The van der Waals surface area contributed by atoms with Crippen LogP contribution in [0.3, 0.4) is 0 Å². The maximum atomic E-state index is 11.7. The largest absolute Gasteiger partial charge is 0.361 e. The van der Waals surface area contributed by atoms with E-state index in [9.17, 15) is 4.79 Å². The minimum Gasteiger partial charge on any atom is -0.361 e. The molecule has 1 aromatic carbocycles. The molecular formula is C13H15N3O2. The Balaban J connectivity index is 1.83. The molecule has 0 bridgehead atoms. The molecule has 0 saturated carbocycles. The highest BCUT2D eigenvalue weighted by molar-refractivity contribution is 5.86. The fourth-order valence-electron chi connectivity index (χ4n) is 2.26. The number of carbonyl (C=O) groups is 1. The average molecular weight is 245 g/mol. The van der Waals surface area contributed by atoms with Crippen molar-refractivity contribution in [3.63, 3.8) is 0 Å². The van der Waals surface area contributed by atoms with Crippen LogP contribution < -0.4 is 10.6 Å². The van der Waals surface area contributed by atoms with Gasteiger partial charge in [-0.15, -0.1) is 0 Å². The summed E-state index contributed by atoms with van der Waals surface area (Å²) in [5.41, 5.74) is 2.18. The van der Waals surface area contributed by atoms with Crippen molar-refractivity contribution in [2.45, 2.75) is 18.9 Å². The van der Waals surface area contributed by atoms with Crippen molar-refractivity contribution in [3.8, 4) is 0 Å². The van der Waals surface area contributed by atoms with E-state index in [-0.39, 0.29) is 12.3 Å². The van der Waals surface area contributed by atoms with E-state index in [2.05, 4.69) is 15.6 Å². The summed E-state index contributed by atoms with van der Waals surface area (Å²) in [4.78, 5) is 14.9. The van der Waals surface area contributed by atoms with Gasteiger partial charge in [0.15, 0.2) is 6.35 Å². The second-order valence-corrected chi connectivity index (χ2v) is 4.37. The molecule has 18 heavy (non-hydrogen) atoms. The maximum absolute atomic E-state index is 11.7. The number of hydrogen-bond donors (Lipinski definition) is 3. The summed E-state index contributed by atoms with van der Waals surface area (Å²) in [5.74, 6) is -0.0698. The Morgan fingerprint density at radius 3 is 3.00 bits per heavy atom. The molecule has 1 aliphatic rings. The maximum Gasteiger partial charge on any atom is 0.252 e. The van der Waals surface area contributed by atoms with Crippen LogP contribution in [0.15, 0.2) is 30.5 Å². The molecule has 1 saturated heterocycles. The molecule has 2 atom stereocenters. The highest BCUT2D eigenvalue weighted by atomic mass is 16.5. The van der Waals surface area contributed by atoms with Crippen molar-refractivity contribution in [1.82, 2.24) is 15.6 Å². The third-order valence-corrected chi connectivity index (χ3v) is 3.21. The van der Waals surface area contributed by atoms with Gasteiger partial charge in [0.1, 0.15) is 6.10 Å². The van der Waals surface area contributed by atoms with Crippen LogP contribution in [-0.4, -0.2) is 30.4 Å². The van der Waals surface area contributed by atoms with Crippen molar-refractivity contribution in [1.29, 1.82) is 0 Å². The average Bonchev–Trinajstić information content (AvgIpc) is 2.95. The lowest BCUT2D eigenvalue weighted by atomic mass is 10.1. The van der Waals surface area contributed by atoms with Crippen molar-refractivity contribution in [2.75, 3.05) is 7.05 Å². The van der Waals surface area contributed by atoms with Gasteiger partial charge < -0.3 is 15.0 Å². The van der Waals surface area contributed by atoms with E-state index < -0.39 is 6.10 Å². The van der Waals surface area contributed by atoms with E-state index in [1.807, 2.05) is 30.5 Å². The van der Waals surface area contributed by atoms with Gasteiger partial charge in [-0.1, -0.05) is 18.2 Å². The van der Waals surface area contributed by atoms with Crippen LogP contribution in [0.1, 0.15) is 5.56 Å². The summed E-state index contributed by atoms with van der Waals surface area (Å²) < 4.78 is 5.56. The number of carbonyl (C=O) groups excluding carboxylic acids is 1. The van der Waals surface area contributed by atoms with E-state index in [4.69, 9.17) is 4.74 Å². The van der Waals surface area contributed by atoms with Crippen molar-refractivity contribution in [3.05, 3.63) is 36.0 Å². The second kappa shape index (κ2) is 4.44. The van der Waals surface area contributed by atoms with Gasteiger partial charge in [0.25, 0.3) is 5.91 Å². The van der Waals surface area contributed by atoms with Gasteiger partial charge in [-0.05, 0) is 18.7 Å². The molecule has 5 nitrogen and oxygen atoms in total. The Morgan fingerprint density at radius 2 is 2.22 bits per heavy atom. The molecule has 0 spiro atoms. The molecule has 5 heteroatoms. The SMILES string of the molecule is CNC1NC(=O)C(Cc2c[nH]c3ccccc23)O1. The minimum atomic E-state index is -0.429. The van der Waals surface area contributed by atoms with E-state index in [0.29, 0.717) is 6.42 Å². The lowest BCUT2D eigenvalue weighted by Crippen LogP contribution is -2.37.